The lowest BCUT2D eigenvalue weighted by atomic mass is 10.1. The van der Waals surface area contributed by atoms with E-state index in [9.17, 15) is 4.79 Å². The number of benzene rings is 1. The molecule has 0 saturated heterocycles. The van der Waals surface area contributed by atoms with E-state index in [2.05, 4.69) is 11.9 Å². The predicted molar refractivity (Wildman–Crippen MR) is 65.0 cm³/mol. The predicted octanol–water partition coefficient (Wildman–Crippen LogP) is 2.04. The van der Waals surface area contributed by atoms with E-state index in [1.54, 1.807) is 19.2 Å². The van der Waals surface area contributed by atoms with Crippen LogP contribution in [0, 0.1) is 0 Å². The normalized spacial score (nSPS) is 9.88. The van der Waals surface area contributed by atoms with Gasteiger partial charge in [-0.05, 0) is 31.7 Å². The Morgan fingerprint density at radius 1 is 1.44 bits per heavy atom. The number of ketones is 1. The first-order valence-electron chi connectivity index (χ1n) is 5.19. The minimum atomic E-state index is 0.0276. The molecular formula is C13H17NO2. The second-order valence-electron chi connectivity index (χ2n) is 3.70. The lowest BCUT2D eigenvalue weighted by Gasteiger charge is -2.10. The smallest absolute Gasteiger partial charge is 0.180 e. The molecule has 0 aliphatic rings. The quantitative estimate of drug-likeness (QED) is 0.588. The molecule has 0 fully saturated rings. The summed E-state index contributed by atoms with van der Waals surface area (Å²) in [5.74, 6) is 0.644. The summed E-state index contributed by atoms with van der Waals surface area (Å²) in [4.78, 5) is 11.7. The van der Waals surface area contributed by atoms with Gasteiger partial charge in [-0.15, -0.1) is 0 Å². The van der Waals surface area contributed by atoms with Crippen molar-refractivity contribution in [2.75, 3.05) is 20.2 Å². The summed E-state index contributed by atoms with van der Waals surface area (Å²) in [6.07, 6.45) is 0. The monoisotopic (exact) mass is 219 g/mol. The number of likely N-dealkylation sites (N-methyl/N-ethyl adjacent to an activating group) is 1. The zero-order valence-corrected chi connectivity index (χ0v) is 9.75. The van der Waals surface area contributed by atoms with E-state index in [0.717, 1.165) is 5.57 Å². The number of rotatable bonds is 6. The maximum absolute atomic E-state index is 11.7. The lowest BCUT2D eigenvalue weighted by molar-refractivity contribution is 0.0990. The largest absolute Gasteiger partial charge is 0.489 e. The van der Waals surface area contributed by atoms with Gasteiger partial charge in [0.05, 0.1) is 12.1 Å². The van der Waals surface area contributed by atoms with Gasteiger partial charge < -0.3 is 10.1 Å². The summed E-state index contributed by atoms with van der Waals surface area (Å²) in [5.41, 5.74) is 1.54. The average Bonchev–Trinajstić information content (AvgIpc) is 2.27. The SMILES string of the molecule is C=C(C)COc1ccccc1C(=O)CNC. The Balaban J connectivity index is 2.82. The van der Waals surface area contributed by atoms with Crippen molar-refractivity contribution < 1.29 is 9.53 Å². The fraction of sp³-hybridized carbons (Fsp3) is 0.308. The molecule has 0 radical (unpaired) electrons. The highest BCUT2D eigenvalue weighted by molar-refractivity contribution is 6.00. The Morgan fingerprint density at radius 2 is 2.12 bits per heavy atom. The van der Waals surface area contributed by atoms with Gasteiger partial charge in [-0.2, -0.15) is 0 Å². The van der Waals surface area contributed by atoms with Crippen LogP contribution in [0.1, 0.15) is 17.3 Å². The van der Waals surface area contributed by atoms with Crippen molar-refractivity contribution in [3.8, 4) is 5.75 Å². The molecule has 3 nitrogen and oxygen atoms in total. The molecule has 1 aromatic carbocycles. The van der Waals surface area contributed by atoms with Gasteiger partial charge in [0.25, 0.3) is 0 Å². The topological polar surface area (TPSA) is 38.3 Å². The van der Waals surface area contributed by atoms with Gasteiger partial charge >= 0.3 is 0 Å². The molecule has 1 aromatic rings. The molecule has 1 rings (SSSR count). The number of Topliss-reactive ketones (excluding diaryl/α,β-unsaturated/α-hetero) is 1. The number of carbonyl (C=O) groups excluding carboxylic acids is 1. The van der Waals surface area contributed by atoms with E-state index in [0.29, 0.717) is 24.5 Å². The van der Waals surface area contributed by atoms with Crippen molar-refractivity contribution in [1.82, 2.24) is 5.32 Å². The second-order valence-corrected chi connectivity index (χ2v) is 3.70. The van der Waals surface area contributed by atoms with Crippen molar-refractivity contribution in [3.63, 3.8) is 0 Å². The zero-order chi connectivity index (χ0) is 12.0. The highest BCUT2D eigenvalue weighted by atomic mass is 16.5. The Kier molecular flexibility index (Phi) is 4.73. The highest BCUT2D eigenvalue weighted by Gasteiger charge is 2.10. The van der Waals surface area contributed by atoms with Crippen LogP contribution in [-0.2, 0) is 0 Å². The van der Waals surface area contributed by atoms with Gasteiger partial charge in [-0.1, -0.05) is 18.7 Å². The Bertz CT molecular complexity index is 385. The summed E-state index contributed by atoms with van der Waals surface area (Å²) in [5, 5.41) is 2.84. The van der Waals surface area contributed by atoms with E-state index in [1.807, 2.05) is 19.1 Å². The summed E-state index contributed by atoms with van der Waals surface area (Å²) < 4.78 is 5.52. The summed E-state index contributed by atoms with van der Waals surface area (Å²) in [6.45, 7) is 6.39. The fourth-order valence-electron chi connectivity index (χ4n) is 1.28. The molecule has 0 aromatic heterocycles. The molecule has 0 atom stereocenters. The van der Waals surface area contributed by atoms with Gasteiger partial charge in [0.15, 0.2) is 5.78 Å². The van der Waals surface area contributed by atoms with E-state index < -0.39 is 0 Å². The second kappa shape index (κ2) is 6.08. The molecule has 0 spiro atoms. The maximum atomic E-state index is 11.7. The van der Waals surface area contributed by atoms with E-state index in [1.165, 1.54) is 0 Å². The zero-order valence-electron chi connectivity index (χ0n) is 9.75. The first kappa shape index (κ1) is 12.5. The van der Waals surface area contributed by atoms with Crippen LogP contribution >= 0.6 is 0 Å². The maximum Gasteiger partial charge on any atom is 0.180 e. The Morgan fingerprint density at radius 3 is 2.75 bits per heavy atom. The van der Waals surface area contributed by atoms with Crippen LogP contribution in [0.4, 0.5) is 0 Å². The standard InChI is InChI=1S/C13H17NO2/c1-10(2)9-16-13-7-5-4-6-11(13)12(15)8-14-3/h4-7,14H,1,8-9H2,2-3H3. The van der Waals surface area contributed by atoms with Crippen LogP contribution < -0.4 is 10.1 Å². The van der Waals surface area contributed by atoms with Crippen molar-refractivity contribution in [2.45, 2.75) is 6.92 Å². The molecule has 3 heteroatoms. The minimum Gasteiger partial charge on any atom is -0.489 e. The van der Waals surface area contributed by atoms with Crippen molar-refractivity contribution in [3.05, 3.63) is 42.0 Å². The number of carbonyl (C=O) groups is 1. The molecule has 16 heavy (non-hydrogen) atoms. The number of hydrogen-bond donors (Lipinski definition) is 1. The third-order valence-electron chi connectivity index (χ3n) is 2.00. The van der Waals surface area contributed by atoms with Crippen LogP contribution in [-0.4, -0.2) is 26.0 Å². The molecule has 0 aliphatic heterocycles. The molecule has 0 heterocycles. The number of ether oxygens (including phenoxy) is 1. The fourth-order valence-corrected chi connectivity index (χ4v) is 1.28. The van der Waals surface area contributed by atoms with Gasteiger partial charge in [-0.25, -0.2) is 0 Å². The van der Waals surface area contributed by atoms with Crippen molar-refractivity contribution in [2.24, 2.45) is 0 Å². The van der Waals surface area contributed by atoms with Gasteiger partial charge in [-0.3, -0.25) is 4.79 Å². The molecular weight excluding hydrogens is 202 g/mol. The first-order valence-corrected chi connectivity index (χ1v) is 5.19. The molecule has 0 unspecified atom stereocenters. The number of nitrogens with one attached hydrogen (secondary N) is 1. The number of hydrogen-bond acceptors (Lipinski definition) is 3. The molecule has 0 aliphatic carbocycles. The third-order valence-corrected chi connectivity index (χ3v) is 2.00. The van der Waals surface area contributed by atoms with E-state index in [4.69, 9.17) is 4.74 Å². The van der Waals surface area contributed by atoms with Gasteiger partial charge in [0.2, 0.25) is 0 Å². The summed E-state index contributed by atoms with van der Waals surface area (Å²) in [7, 11) is 1.75. The lowest BCUT2D eigenvalue weighted by Crippen LogP contribution is -2.19. The Labute approximate surface area is 96.1 Å². The van der Waals surface area contributed by atoms with Crippen molar-refractivity contribution >= 4 is 5.78 Å². The van der Waals surface area contributed by atoms with Gasteiger partial charge in [0.1, 0.15) is 12.4 Å². The first-order chi connectivity index (χ1) is 7.65. The molecule has 0 amide bonds. The van der Waals surface area contributed by atoms with Crippen LogP contribution in [0.2, 0.25) is 0 Å². The third kappa shape index (κ3) is 3.51. The Hall–Kier alpha value is -1.61. The van der Waals surface area contributed by atoms with Gasteiger partial charge in [0, 0.05) is 0 Å². The van der Waals surface area contributed by atoms with Crippen LogP contribution in [0.15, 0.2) is 36.4 Å². The van der Waals surface area contributed by atoms with E-state index in [-0.39, 0.29) is 5.78 Å². The van der Waals surface area contributed by atoms with Crippen molar-refractivity contribution in [1.29, 1.82) is 0 Å². The molecule has 86 valence electrons. The van der Waals surface area contributed by atoms with Crippen LogP contribution in [0.3, 0.4) is 0 Å². The molecule has 1 N–H and O–H groups in total. The summed E-state index contributed by atoms with van der Waals surface area (Å²) >= 11 is 0. The molecule has 0 saturated carbocycles. The average molecular weight is 219 g/mol. The van der Waals surface area contributed by atoms with Crippen LogP contribution in [0.25, 0.3) is 0 Å². The van der Waals surface area contributed by atoms with E-state index >= 15 is 0 Å². The summed E-state index contributed by atoms with van der Waals surface area (Å²) in [6, 6.07) is 7.25. The number of para-hydroxylation sites is 1. The minimum absolute atomic E-state index is 0.0276. The highest BCUT2D eigenvalue weighted by Crippen LogP contribution is 2.18. The molecule has 0 bridgehead atoms. The van der Waals surface area contributed by atoms with Crippen LogP contribution in [0.5, 0.6) is 5.75 Å².